The monoisotopic (exact) mass is 661 g/mol. The van der Waals surface area contributed by atoms with Gasteiger partial charge in [-0.15, -0.1) is 11.8 Å². The van der Waals surface area contributed by atoms with Gasteiger partial charge in [0.2, 0.25) is 5.91 Å². The van der Waals surface area contributed by atoms with Crippen LogP contribution in [0, 0.1) is 0 Å². The van der Waals surface area contributed by atoms with Crippen molar-refractivity contribution in [3.05, 3.63) is 166 Å². The number of para-hydroxylation sites is 1. The van der Waals surface area contributed by atoms with Crippen LogP contribution in [0.15, 0.2) is 155 Å². The van der Waals surface area contributed by atoms with E-state index in [-0.39, 0.29) is 17.5 Å². The quantitative estimate of drug-likeness (QED) is 0.104. The minimum atomic E-state index is -0.516. The van der Waals surface area contributed by atoms with E-state index in [1.54, 1.807) is 42.5 Å². The Hall–Kier alpha value is -4.92. The molecule has 0 saturated heterocycles. The topological polar surface area (TPSA) is 87.3 Å². The third-order valence-corrected chi connectivity index (χ3v) is 8.44. The zero-order valence-electron chi connectivity index (χ0n) is 23.4. The number of thioether (sulfide) groups is 1. The van der Waals surface area contributed by atoms with Crippen LogP contribution in [0.3, 0.4) is 0 Å². The van der Waals surface area contributed by atoms with Gasteiger partial charge in [0.05, 0.1) is 5.69 Å². The lowest BCUT2D eigenvalue weighted by Gasteiger charge is -2.18. The first kappa shape index (κ1) is 30.5. The summed E-state index contributed by atoms with van der Waals surface area (Å²) in [7, 11) is 0. The molecule has 5 rings (SSSR count). The Kier molecular flexibility index (Phi) is 10.4. The molecule has 8 heteroatoms. The SMILES string of the molecule is O=C(Nc1ccc(SC(C(=O)Nc2ccccc2Br)c2ccccc2)cc1)/C(=C/c1ccccc1)NC(=O)c1ccccc1. The predicted molar refractivity (Wildman–Crippen MR) is 181 cm³/mol. The smallest absolute Gasteiger partial charge is 0.272 e. The van der Waals surface area contributed by atoms with Crippen molar-refractivity contribution in [1.82, 2.24) is 5.32 Å². The van der Waals surface area contributed by atoms with Gasteiger partial charge in [-0.3, -0.25) is 14.4 Å². The van der Waals surface area contributed by atoms with Crippen molar-refractivity contribution in [3.63, 3.8) is 0 Å². The minimum absolute atomic E-state index is 0.108. The van der Waals surface area contributed by atoms with E-state index in [4.69, 9.17) is 0 Å². The molecule has 0 aliphatic heterocycles. The van der Waals surface area contributed by atoms with E-state index in [1.807, 2.05) is 103 Å². The summed E-state index contributed by atoms with van der Waals surface area (Å²) in [5.41, 5.74) is 3.42. The number of hydrogen-bond acceptors (Lipinski definition) is 4. The second-order valence-electron chi connectivity index (χ2n) is 9.65. The molecule has 0 aliphatic carbocycles. The molecule has 6 nitrogen and oxygen atoms in total. The van der Waals surface area contributed by atoms with Crippen LogP contribution < -0.4 is 16.0 Å². The summed E-state index contributed by atoms with van der Waals surface area (Å²) >= 11 is 4.90. The van der Waals surface area contributed by atoms with Crippen LogP contribution in [0.5, 0.6) is 0 Å². The molecular formula is C36H28BrN3O3S. The van der Waals surface area contributed by atoms with Gasteiger partial charge in [-0.1, -0.05) is 91.0 Å². The van der Waals surface area contributed by atoms with E-state index < -0.39 is 11.2 Å². The van der Waals surface area contributed by atoms with Crippen LogP contribution in [-0.4, -0.2) is 17.7 Å². The predicted octanol–water partition coefficient (Wildman–Crippen LogP) is 8.33. The number of amides is 3. The third kappa shape index (κ3) is 8.34. The highest BCUT2D eigenvalue weighted by molar-refractivity contribution is 9.10. The first-order chi connectivity index (χ1) is 21.5. The first-order valence-electron chi connectivity index (χ1n) is 13.8. The Morgan fingerprint density at radius 2 is 1.25 bits per heavy atom. The van der Waals surface area contributed by atoms with E-state index in [0.717, 1.165) is 20.5 Å². The zero-order valence-corrected chi connectivity index (χ0v) is 25.8. The standard InChI is InChI=1S/C36H28BrN3O3S/c37-30-18-10-11-19-31(30)39-36(43)33(26-14-6-2-7-15-26)44-29-22-20-28(21-23-29)38-35(42)32(24-25-12-4-1-5-13-25)40-34(41)27-16-8-3-9-17-27/h1-24,33H,(H,38,42)(H,39,43)(H,40,41)/b32-24-. The second kappa shape index (κ2) is 15.0. The fraction of sp³-hybridized carbons (Fsp3) is 0.0278. The van der Waals surface area contributed by atoms with Crippen molar-refractivity contribution in [2.75, 3.05) is 10.6 Å². The number of carbonyl (C=O) groups is 3. The van der Waals surface area contributed by atoms with Crippen molar-refractivity contribution in [3.8, 4) is 0 Å². The van der Waals surface area contributed by atoms with Crippen LogP contribution in [0.1, 0.15) is 26.7 Å². The van der Waals surface area contributed by atoms with Gasteiger partial charge >= 0.3 is 0 Å². The molecule has 0 radical (unpaired) electrons. The maximum atomic E-state index is 13.4. The summed E-state index contributed by atoms with van der Waals surface area (Å²) in [5.74, 6) is -1.01. The van der Waals surface area contributed by atoms with E-state index in [9.17, 15) is 14.4 Å². The molecule has 0 fully saturated rings. The molecule has 0 saturated carbocycles. The summed E-state index contributed by atoms with van der Waals surface area (Å²) in [6.45, 7) is 0. The fourth-order valence-corrected chi connectivity index (χ4v) is 5.68. The number of rotatable bonds is 10. The van der Waals surface area contributed by atoms with Crippen LogP contribution in [0.4, 0.5) is 11.4 Å². The van der Waals surface area contributed by atoms with E-state index in [1.165, 1.54) is 11.8 Å². The third-order valence-electron chi connectivity index (χ3n) is 6.48. The lowest BCUT2D eigenvalue weighted by molar-refractivity contribution is -0.116. The zero-order chi connectivity index (χ0) is 30.7. The first-order valence-corrected chi connectivity index (χ1v) is 15.4. The Balaban J connectivity index is 1.32. The normalized spacial score (nSPS) is 11.7. The maximum Gasteiger partial charge on any atom is 0.272 e. The van der Waals surface area contributed by atoms with Gasteiger partial charge < -0.3 is 16.0 Å². The molecule has 44 heavy (non-hydrogen) atoms. The minimum Gasteiger partial charge on any atom is -0.324 e. The molecule has 0 heterocycles. The van der Waals surface area contributed by atoms with Crippen molar-refractivity contribution in [2.45, 2.75) is 10.1 Å². The Morgan fingerprint density at radius 1 is 0.659 bits per heavy atom. The van der Waals surface area contributed by atoms with Crippen molar-refractivity contribution >= 4 is 62.9 Å². The molecule has 0 spiro atoms. The van der Waals surface area contributed by atoms with Crippen molar-refractivity contribution < 1.29 is 14.4 Å². The number of anilines is 2. The van der Waals surface area contributed by atoms with Gasteiger partial charge in [0, 0.05) is 20.6 Å². The lowest BCUT2D eigenvalue weighted by Crippen LogP contribution is -2.30. The van der Waals surface area contributed by atoms with Crippen LogP contribution in [0.25, 0.3) is 6.08 Å². The Labute approximate surface area is 268 Å². The second-order valence-corrected chi connectivity index (χ2v) is 11.7. The highest BCUT2D eigenvalue weighted by Gasteiger charge is 2.23. The van der Waals surface area contributed by atoms with Gasteiger partial charge in [-0.25, -0.2) is 0 Å². The molecule has 3 N–H and O–H groups in total. The Bertz CT molecular complexity index is 1760. The van der Waals surface area contributed by atoms with Gasteiger partial charge in [0.25, 0.3) is 11.8 Å². The number of hydrogen-bond donors (Lipinski definition) is 3. The highest BCUT2D eigenvalue weighted by atomic mass is 79.9. The largest absolute Gasteiger partial charge is 0.324 e. The van der Waals surface area contributed by atoms with Gasteiger partial charge in [0.1, 0.15) is 10.9 Å². The van der Waals surface area contributed by atoms with E-state index >= 15 is 0 Å². The number of nitrogens with one attached hydrogen (secondary N) is 3. The highest BCUT2D eigenvalue weighted by Crippen LogP contribution is 2.37. The molecule has 3 amide bonds. The summed E-state index contributed by atoms with van der Waals surface area (Å²) in [6.07, 6.45) is 1.63. The molecule has 1 unspecified atom stereocenters. The van der Waals surface area contributed by atoms with E-state index in [2.05, 4.69) is 31.9 Å². The van der Waals surface area contributed by atoms with Gasteiger partial charge in [-0.05, 0) is 81.7 Å². The summed E-state index contributed by atoms with van der Waals surface area (Å²) in [5, 5.41) is 8.13. The van der Waals surface area contributed by atoms with Crippen molar-refractivity contribution in [2.24, 2.45) is 0 Å². The lowest BCUT2D eigenvalue weighted by atomic mass is 10.1. The molecule has 5 aromatic rings. The molecule has 0 aromatic heterocycles. The van der Waals surface area contributed by atoms with Crippen molar-refractivity contribution in [1.29, 1.82) is 0 Å². The van der Waals surface area contributed by atoms with Gasteiger partial charge in [-0.2, -0.15) is 0 Å². The average molecular weight is 663 g/mol. The number of carbonyl (C=O) groups excluding carboxylic acids is 3. The Morgan fingerprint density at radius 3 is 1.91 bits per heavy atom. The summed E-state index contributed by atoms with van der Waals surface area (Å²) in [4.78, 5) is 40.5. The maximum absolute atomic E-state index is 13.4. The molecule has 1 atom stereocenters. The molecule has 218 valence electrons. The molecule has 0 aliphatic rings. The number of benzene rings is 5. The average Bonchev–Trinajstić information content (AvgIpc) is 3.06. The fourth-order valence-electron chi connectivity index (χ4n) is 4.27. The van der Waals surface area contributed by atoms with Crippen LogP contribution in [0.2, 0.25) is 0 Å². The van der Waals surface area contributed by atoms with Crippen LogP contribution >= 0.6 is 27.7 Å². The molecule has 0 bridgehead atoms. The van der Waals surface area contributed by atoms with Gasteiger partial charge in [0.15, 0.2) is 0 Å². The number of halogens is 1. The van der Waals surface area contributed by atoms with E-state index in [0.29, 0.717) is 16.9 Å². The molecular weight excluding hydrogens is 634 g/mol. The summed E-state index contributed by atoms with van der Waals surface area (Å²) in [6, 6.07) is 42.3. The molecule has 5 aromatic carbocycles. The van der Waals surface area contributed by atoms with Crippen LogP contribution in [-0.2, 0) is 9.59 Å². The summed E-state index contributed by atoms with van der Waals surface area (Å²) < 4.78 is 0.797.